The summed E-state index contributed by atoms with van der Waals surface area (Å²) in [6.45, 7) is 5.61. The summed E-state index contributed by atoms with van der Waals surface area (Å²) in [6.07, 6.45) is 3.93. The average Bonchev–Trinajstić information content (AvgIpc) is 2.85. The number of nitrogens with zero attached hydrogens (tertiary/aromatic N) is 3. The molecule has 94 valence electrons. The molecule has 2 N–H and O–H groups in total. The van der Waals surface area contributed by atoms with Gasteiger partial charge in [-0.15, -0.1) is 0 Å². The van der Waals surface area contributed by atoms with E-state index in [2.05, 4.69) is 39.6 Å². The first-order valence-corrected chi connectivity index (χ1v) is 6.33. The molecule has 0 radical (unpaired) electrons. The number of para-hydroxylation sites is 1. The van der Waals surface area contributed by atoms with E-state index in [0.29, 0.717) is 6.54 Å². The van der Waals surface area contributed by atoms with E-state index in [9.17, 15) is 0 Å². The molecule has 2 heterocycles. The SMILES string of the molecule is Cc1cccc(CN)c1N1CCn2ccnc2C1. The molecule has 1 aliphatic heterocycles. The summed E-state index contributed by atoms with van der Waals surface area (Å²) < 4.78 is 2.22. The second-order valence-corrected chi connectivity index (χ2v) is 4.75. The van der Waals surface area contributed by atoms with E-state index in [-0.39, 0.29) is 0 Å². The lowest BCUT2D eigenvalue weighted by atomic mass is 10.1. The van der Waals surface area contributed by atoms with E-state index >= 15 is 0 Å². The Kier molecular flexibility index (Phi) is 2.80. The van der Waals surface area contributed by atoms with Gasteiger partial charge in [-0.25, -0.2) is 4.98 Å². The zero-order valence-corrected chi connectivity index (χ0v) is 10.6. The third kappa shape index (κ3) is 1.78. The Labute approximate surface area is 107 Å². The fourth-order valence-electron chi connectivity index (χ4n) is 2.70. The van der Waals surface area contributed by atoms with Gasteiger partial charge in [0.25, 0.3) is 0 Å². The van der Waals surface area contributed by atoms with E-state index in [0.717, 1.165) is 25.5 Å². The molecule has 0 saturated carbocycles. The topological polar surface area (TPSA) is 47.1 Å². The summed E-state index contributed by atoms with van der Waals surface area (Å²) in [4.78, 5) is 6.80. The van der Waals surface area contributed by atoms with Gasteiger partial charge in [-0.2, -0.15) is 0 Å². The summed E-state index contributed by atoms with van der Waals surface area (Å²) in [7, 11) is 0. The number of nitrogens with two attached hydrogens (primary N) is 1. The van der Waals surface area contributed by atoms with Crippen molar-refractivity contribution >= 4 is 5.69 Å². The number of rotatable bonds is 2. The first-order valence-electron chi connectivity index (χ1n) is 6.33. The van der Waals surface area contributed by atoms with Crippen LogP contribution in [-0.2, 0) is 19.6 Å². The average molecular weight is 242 g/mol. The smallest absolute Gasteiger partial charge is 0.128 e. The Morgan fingerprint density at radius 1 is 1.33 bits per heavy atom. The van der Waals surface area contributed by atoms with Crippen molar-refractivity contribution in [2.75, 3.05) is 11.4 Å². The van der Waals surface area contributed by atoms with Gasteiger partial charge in [-0.1, -0.05) is 18.2 Å². The van der Waals surface area contributed by atoms with E-state index in [4.69, 9.17) is 5.73 Å². The van der Waals surface area contributed by atoms with E-state index < -0.39 is 0 Å². The summed E-state index contributed by atoms with van der Waals surface area (Å²) in [5.41, 5.74) is 9.65. The van der Waals surface area contributed by atoms with Gasteiger partial charge < -0.3 is 15.2 Å². The Hall–Kier alpha value is -1.81. The lowest BCUT2D eigenvalue weighted by Crippen LogP contribution is -2.34. The summed E-state index contributed by atoms with van der Waals surface area (Å²) >= 11 is 0. The van der Waals surface area contributed by atoms with Crippen LogP contribution in [0.2, 0.25) is 0 Å². The molecular formula is C14H18N4. The molecule has 0 amide bonds. The van der Waals surface area contributed by atoms with Gasteiger partial charge in [0.1, 0.15) is 5.82 Å². The monoisotopic (exact) mass is 242 g/mol. The molecule has 18 heavy (non-hydrogen) atoms. The largest absolute Gasteiger partial charge is 0.362 e. The number of aryl methyl sites for hydroxylation is 1. The molecule has 4 heteroatoms. The van der Waals surface area contributed by atoms with Crippen LogP contribution in [0.3, 0.4) is 0 Å². The zero-order chi connectivity index (χ0) is 12.5. The third-order valence-electron chi connectivity index (χ3n) is 3.60. The summed E-state index contributed by atoms with van der Waals surface area (Å²) in [6, 6.07) is 6.34. The second-order valence-electron chi connectivity index (χ2n) is 4.75. The maximum absolute atomic E-state index is 5.85. The number of imidazole rings is 1. The van der Waals surface area contributed by atoms with Gasteiger partial charge >= 0.3 is 0 Å². The van der Waals surface area contributed by atoms with Gasteiger partial charge in [0.05, 0.1) is 6.54 Å². The van der Waals surface area contributed by atoms with Crippen molar-refractivity contribution in [3.05, 3.63) is 47.5 Å². The molecule has 0 unspecified atom stereocenters. The number of hydrogen-bond acceptors (Lipinski definition) is 3. The van der Waals surface area contributed by atoms with Crippen LogP contribution in [0.4, 0.5) is 5.69 Å². The van der Waals surface area contributed by atoms with Gasteiger partial charge in [-0.05, 0) is 18.1 Å². The van der Waals surface area contributed by atoms with Crippen molar-refractivity contribution in [2.24, 2.45) is 5.73 Å². The van der Waals surface area contributed by atoms with Crippen LogP contribution >= 0.6 is 0 Å². The Morgan fingerprint density at radius 2 is 2.22 bits per heavy atom. The molecular weight excluding hydrogens is 224 g/mol. The normalized spacial score (nSPS) is 14.7. The quantitative estimate of drug-likeness (QED) is 0.871. The van der Waals surface area contributed by atoms with E-state index in [1.165, 1.54) is 16.8 Å². The molecule has 4 nitrogen and oxygen atoms in total. The molecule has 0 bridgehead atoms. The van der Waals surface area contributed by atoms with Crippen LogP contribution in [-0.4, -0.2) is 16.1 Å². The van der Waals surface area contributed by atoms with Crippen LogP contribution < -0.4 is 10.6 Å². The number of anilines is 1. The van der Waals surface area contributed by atoms with Crippen LogP contribution in [0.5, 0.6) is 0 Å². The first-order chi connectivity index (χ1) is 8.79. The number of fused-ring (bicyclic) bond motifs is 1. The third-order valence-corrected chi connectivity index (χ3v) is 3.60. The highest BCUT2D eigenvalue weighted by atomic mass is 15.2. The highest BCUT2D eigenvalue weighted by Crippen LogP contribution is 2.27. The van der Waals surface area contributed by atoms with Crippen LogP contribution in [0.1, 0.15) is 17.0 Å². The highest BCUT2D eigenvalue weighted by Gasteiger charge is 2.19. The number of benzene rings is 1. The molecule has 0 spiro atoms. The van der Waals surface area contributed by atoms with Crippen molar-refractivity contribution in [1.29, 1.82) is 0 Å². The molecule has 3 rings (SSSR count). The number of hydrogen-bond donors (Lipinski definition) is 1. The van der Waals surface area contributed by atoms with Crippen LogP contribution in [0.25, 0.3) is 0 Å². The molecule has 1 aromatic heterocycles. The zero-order valence-electron chi connectivity index (χ0n) is 10.6. The lowest BCUT2D eigenvalue weighted by Gasteiger charge is -2.32. The lowest BCUT2D eigenvalue weighted by molar-refractivity contribution is 0.558. The molecule has 2 aromatic rings. The fraction of sp³-hybridized carbons (Fsp3) is 0.357. The maximum atomic E-state index is 5.85. The standard InChI is InChI=1S/C14H18N4/c1-11-3-2-4-12(9-15)14(11)18-8-7-17-6-5-16-13(17)10-18/h2-6H,7-10,15H2,1H3. The van der Waals surface area contributed by atoms with Crippen molar-refractivity contribution in [3.8, 4) is 0 Å². The van der Waals surface area contributed by atoms with E-state index in [1.54, 1.807) is 0 Å². The molecule has 0 atom stereocenters. The predicted molar refractivity (Wildman–Crippen MR) is 72.3 cm³/mol. The predicted octanol–water partition coefficient (Wildman–Crippen LogP) is 1.67. The Bertz CT molecular complexity index is 559. The second kappa shape index (κ2) is 4.46. The molecule has 1 aromatic carbocycles. The van der Waals surface area contributed by atoms with Crippen molar-refractivity contribution in [1.82, 2.24) is 9.55 Å². The molecule has 0 fully saturated rings. The van der Waals surface area contributed by atoms with Crippen LogP contribution in [0.15, 0.2) is 30.6 Å². The maximum Gasteiger partial charge on any atom is 0.128 e. The van der Waals surface area contributed by atoms with Crippen molar-refractivity contribution in [2.45, 2.75) is 26.6 Å². The minimum atomic E-state index is 0.585. The Morgan fingerprint density at radius 3 is 3.06 bits per heavy atom. The summed E-state index contributed by atoms with van der Waals surface area (Å²) in [5, 5.41) is 0. The van der Waals surface area contributed by atoms with Gasteiger partial charge in [0.15, 0.2) is 0 Å². The van der Waals surface area contributed by atoms with Gasteiger partial charge in [-0.3, -0.25) is 0 Å². The Balaban J connectivity index is 1.97. The summed E-state index contributed by atoms with van der Waals surface area (Å²) in [5.74, 6) is 1.13. The minimum absolute atomic E-state index is 0.585. The minimum Gasteiger partial charge on any atom is -0.362 e. The highest BCUT2D eigenvalue weighted by molar-refractivity contribution is 5.59. The van der Waals surface area contributed by atoms with Crippen LogP contribution in [0, 0.1) is 6.92 Å². The van der Waals surface area contributed by atoms with Gasteiger partial charge in [0.2, 0.25) is 0 Å². The van der Waals surface area contributed by atoms with Crippen molar-refractivity contribution < 1.29 is 0 Å². The molecule has 0 saturated heterocycles. The number of aromatic nitrogens is 2. The van der Waals surface area contributed by atoms with E-state index in [1.807, 2.05) is 12.4 Å². The molecule has 1 aliphatic rings. The fourth-order valence-corrected chi connectivity index (χ4v) is 2.70. The van der Waals surface area contributed by atoms with Crippen molar-refractivity contribution in [3.63, 3.8) is 0 Å². The first kappa shape index (κ1) is 11.3. The van der Waals surface area contributed by atoms with Gasteiger partial charge in [0, 0.05) is 37.7 Å². The molecule has 0 aliphatic carbocycles.